The van der Waals surface area contributed by atoms with Gasteiger partial charge in [-0.25, -0.2) is 9.78 Å². The fourth-order valence-electron chi connectivity index (χ4n) is 0.856. The van der Waals surface area contributed by atoms with Gasteiger partial charge in [-0.1, -0.05) is 0 Å². The number of methoxy groups -OCH3 is 1. The summed E-state index contributed by atoms with van der Waals surface area (Å²) < 4.78 is 4.84. The zero-order valence-electron chi connectivity index (χ0n) is 7.27. The van der Waals surface area contributed by atoms with Gasteiger partial charge in [-0.15, -0.1) is 11.8 Å². The summed E-state index contributed by atoms with van der Waals surface area (Å²) in [5.74, 6) is -0.878. The Bertz CT molecular complexity index is 327. The fraction of sp³-hybridized carbons (Fsp3) is 0.250. The van der Waals surface area contributed by atoms with E-state index in [1.165, 1.54) is 24.9 Å². The Hall–Kier alpha value is -1.23. The van der Waals surface area contributed by atoms with Crippen molar-refractivity contribution >= 4 is 17.7 Å². The molecule has 0 bridgehead atoms. The smallest absolute Gasteiger partial charge is 0.341 e. The van der Waals surface area contributed by atoms with Crippen LogP contribution in [0.2, 0.25) is 0 Å². The van der Waals surface area contributed by atoms with Gasteiger partial charge in [-0.2, -0.15) is 0 Å². The van der Waals surface area contributed by atoms with Crippen LogP contribution >= 0.6 is 11.8 Å². The van der Waals surface area contributed by atoms with E-state index in [1.807, 2.05) is 6.26 Å². The van der Waals surface area contributed by atoms with Crippen LogP contribution in [0.1, 0.15) is 10.4 Å². The lowest BCUT2D eigenvalue weighted by Gasteiger charge is -2.04. The number of carboxylic acid groups (broad SMARTS) is 1. The summed E-state index contributed by atoms with van der Waals surface area (Å²) >= 11 is 1.43. The van der Waals surface area contributed by atoms with E-state index in [4.69, 9.17) is 9.84 Å². The van der Waals surface area contributed by atoms with E-state index in [0.29, 0.717) is 0 Å². The zero-order valence-corrected chi connectivity index (χ0v) is 8.09. The van der Waals surface area contributed by atoms with Crippen molar-refractivity contribution in [3.05, 3.63) is 17.7 Å². The molecule has 0 saturated heterocycles. The Morgan fingerprint density at radius 2 is 2.31 bits per heavy atom. The molecule has 13 heavy (non-hydrogen) atoms. The van der Waals surface area contributed by atoms with E-state index >= 15 is 0 Å². The van der Waals surface area contributed by atoms with Gasteiger partial charge in [0.05, 0.1) is 12.1 Å². The molecular formula is C8H9NO3S. The monoisotopic (exact) mass is 199 g/mol. The molecule has 0 aliphatic rings. The van der Waals surface area contributed by atoms with Crippen molar-refractivity contribution in [1.82, 2.24) is 4.98 Å². The minimum absolute atomic E-state index is 0.0836. The first-order valence-corrected chi connectivity index (χ1v) is 4.74. The van der Waals surface area contributed by atoms with Crippen LogP contribution in [-0.2, 0) is 0 Å². The highest BCUT2D eigenvalue weighted by molar-refractivity contribution is 7.98. The van der Waals surface area contributed by atoms with Crippen LogP contribution in [0.4, 0.5) is 0 Å². The van der Waals surface area contributed by atoms with Gasteiger partial charge < -0.3 is 9.84 Å². The first-order chi connectivity index (χ1) is 6.19. The van der Waals surface area contributed by atoms with E-state index in [1.54, 1.807) is 6.07 Å². The number of hydrogen-bond donors (Lipinski definition) is 1. The lowest BCUT2D eigenvalue weighted by atomic mass is 10.3. The third-order valence-corrected chi connectivity index (χ3v) is 2.11. The second kappa shape index (κ2) is 4.13. The summed E-state index contributed by atoms with van der Waals surface area (Å²) in [6.07, 6.45) is 1.86. The summed E-state index contributed by atoms with van der Waals surface area (Å²) in [5, 5.41) is 9.47. The maximum absolute atomic E-state index is 10.7. The van der Waals surface area contributed by atoms with Crippen molar-refractivity contribution in [2.75, 3.05) is 13.4 Å². The molecule has 1 rings (SSSR count). The molecule has 0 radical (unpaired) electrons. The number of aromatic nitrogens is 1. The van der Waals surface area contributed by atoms with Crippen molar-refractivity contribution in [3.8, 4) is 5.88 Å². The van der Waals surface area contributed by atoms with E-state index < -0.39 is 5.97 Å². The van der Waals surface area contributed by atoms with Gasteiger partial charge in [-0.05, 0) is 18.4 Å². The summed E-state index contributed by atoms with van der Waals surface area (Å²) in [5.41, 5.74) is 0.0836. The van der Waals surface area contributed by atoms with Crippen LogP contribution in [0.3, 0.4) is 0 Å². The molecule has 0 spiro atoms. The summed E-state index contributed by atoms with van der Waals surface area (Å²) in [7, 11) is 1.40. The highest BCUT2D eigenvalue weighted by Gasteiger charge is 2.12. The summed E-state index contributed by atoms with van der Waals surface area (Å²) in [4.78, 5) is 14.6. The molecule has 0 saturated carbocycles. The normalized spacial score (nSPS) is 9.69. The molecule has 0 aliphatic carbocycles. The van der Waals surface area contributed by atoms with Crippen molar-refractivity contribution in [2.24, 2.45) is 0 Å². The number of ether oxygens (including phenoxy) is 1. The van der Waals surface area contributed by atoms with Crippen LogP contribution in [0.25, 0.3) is 0 Å². The van der Waals surface area contributed by atoms with Gasteiger partial charge in [0.1, 0.15) is 5.56 Å². The molecule has 70 valence electrons. The Balaban J connectivity index is 3.15. The second-order valence-electron chi connectivity index (χ2n) is 2.22. The van der Waals surface area contributed by atoms with Crippen molar-refractivity contribution < 1.29 is 14.6 Å². The Kier molecular flexibility index (Phi) is 3.13. The van der Waals surface area contributed by atoms with E-state index in [-0.39, 0.29) is 11.4 Å². The Morgan fingerprint density at radius 1 is 1.62 bits per heavy atom. The van der Waals surface area contributed by atoms with Crippen molar-refractivity contribution in [1.29, 1.82) is 0 Å². The number of carbonyl (C=O) groups is 1. The van der Waals surface area contributed by atoms with Gasteiger partial charge in [-0.3, -0.25) is 0 Å². The molecule has 0 atom stereocenters. The van der Waals surface area contributed by atoms with Crippen molar-refractivity contribution in [2.45, 2.75) is 5.03 Å². The highest BCUT2D eigenvalue weighted by atomic mass is 32.2. The predicted octanol–water partition coefficient (Wildman–Crippen LogP) is 1.51. The predicted molar refractivity (Wildman–Crippen MR) is 49.5 cm³/mol. The molecule has 1 aromatic rings. The van der Waals surface area contributed by atoms with E-state index in [9.17, 15) is 4.79 Å². The van der Waals surface area contributed by atoms with E-state index in [0.717, 1.165) is 5.03 Å². The molecular weight excluding hydrogens is 190 g/mol. The number of aromatic carboxylic acids is 1. The maximum atomic E-state index is 10.7. The zero-order chi connectivity index (χ0) is 9.84. The maximum Gasteiger partial charge on any atom is 0.341 e. The van der Waals surface area contributed by atoms with Gasteiger partial charge in [0.2, 0.25) is 5.88 Å². The number of hydrogen-bond acceptors (Lipinski definition) is 4. The average molecular weight is 199 g/mol. The van der Waals surface area contributed by atoms with Crippen molar-refractivity contribution in [3.63, 3.8) is 0 Å². The molecule has 0 aromatic carbocycles. The summed E-state index contributed by atoms with van der Waals surface area (Å²) in [6, 6.07) is 3.14. The van der Waals surface area contributed by atoms with Gasteiger partial charge in [0.25, 0.3) is 0 Å². The Labute approximate surface area is 79.9 Å². The van der Waals surface area contributed by atoms with Gasteiger partial charge in [0.15, 0.2) is 0 Å². The molecule has 0 amide bonds. The molecule has 4 nitrogen and oxygen atoms in total. The van der Waals surface area contributed by atoms with Crippen LogP contribution in [0, 0.1) is 0 Å². The number of pyridine rings is 1. The SMILES string of the molecule is COc1nc(SC)ccc1C(=O)O. The van der Waals surface area contributed by atoms with Crippen LogP contribution in [-0.4, -0.2) is 29.4 Å². The molecule has 1 N–H and O–H groups in total. The number of thioether (sulfide) groups is 1. The molecule has 1 aromatic heterocycles. The van der Waals surface area contributed by atoms with Crippen LogP contribution in [0.5, 0.6) is 5.88 Å². The minimum atomic E-state index is -1.03. The molecule has 0 aliphatic heterocycles. The third-order valence-electron chi connectivity index (χ3n) is 1.47. The van der Waals surface area contributed by atoms with E-state index in [2.05, 4.69) is 4.98 Å². The highest BCUT2D eigenvalue weighted by Crippen LogP contribution is 2.20. The lowest BCUT2D eigenvalue weighted by Crippen LogP contribution is -2.02. The third kappa shape index (κ3) is 2.12. The molecule has 0 fully saturated rings. The molecule has 1 heterocycles. The number of carboxylic acids is 1. The molecule has 5 heteroatoms. The van der Waals surface area contributed by atoms with Gasteiger partial charge in [0, 0.05) is 0 Å². The number of rotatable bonds is 3. The molecule has 0 unspecified atom stereocenters. The topological polar surface area (TPSA) is 59.4 Å². The fourth-order valence-corrected chi connectivity index (χ4v) is 1.23. The van der Waals surface area contributed by atoms with Crippen LogP contribution in [0.15, 0.2) is 17.2 Å². The minimum Gasteiger partial charge on any atom is -0.480 e. The first kappa shape index (κ1) is 9.85. The van der Waals surface area contributed by atoms with Crippen LogP contribution < -0.4 is 4.74 Å². The number of nitrogens with zero attached hydrogens (tertiary/aromatic N) is 1. The standard InChI is InChI=1S/C8H9NO3S/c1-12-7-5(8(10)11)3-4-6(9-7)13-2/h3-4H,1-2H3,(H,10,11). The Morgan fingerprint density at radius 3 is 2.77 bits per heavy atom. The quantitative estimate of drug-likeness (QED) is 0.748. The summed E-state index contributed by atoms with van der Waals surface area (Å²) in [6.45, 7) is 0. The largest absolute Gasteiger partial charge is 0.480 e. The second-order valence-corrected chi connectivity index (χ2v) is 3.04. The van der Waals surface area contributed by atoms with Gasteiger partial charge >= 0.3 is 5.97 Å². The first-order valence-electron chi connectivity index (χ1n) is 3.51. The lowest BCUT2D eigenvalue weighted by molar-refractivity contribution is 0.0692. The average Bonchev–Trinajstić information content (AvgIpc) is 2.16.